The summed E-state index contributed by atoms with van der Waals surface area (Å²) in [5.41, 5.74) is 1.49. The van der Waals surface area contributed by atoms with E-state index in [1.807, 2.05) is 23.6 Å². The molecule has 1 aliphatic carbocycles. The maximum Gasteiger partial charge on any atom is 0.338 e. The lowest BCUT2D eigenvalue weighted by atomic mass is 10.1. The van der Waals surface area contributed by atoms with E-state index in [1.165, 1.54) is 11.3 Å². The average Bonchev–Trinajstić information content (AvgIpc) is 3.04. The molecular weight excluding hydrogens is 310 g/mol. The molecule has 4 nitrogen and oxygen atoms in total. The summed E-state index contributed by atoms with van der Waals surface area (Å²) >= 11 is 1.41. The zero-order valence-corrected chi connectivity index (χ0v) is 13.8. The molecule has 0 bridgehead atoms. The number of carbonyl (C=O) groups is 2. The minimum atomic E-state index is -0.279. The Bertz CT molecular complexity index is 679. The van der Waals surface area contributed by atoms with E-state index in [1.54, 1.807) is 18.2 Å². The van der Waals surface area contributed by atoms with Crippen molar-refractivity contribution < 1.29 is 14.3 Å². The molecule has 5 heteroatoms. The van der Waals surface area contributed by atoms with E-state index < -0.39 is 0 Å². The topological polar surface area (TPSA) is 55.4 Å². The lowest BCUT2D eigenvalue weighted by molar-refractivity contribution is 0.0481. The summed E-state index contributed by atoms with van der Waals surface area (Å²) in [4.78, 5) is 24.5. The molecule has 0 saturated heterocycles. The molecule has 1 aliphatic rings. The van der Waals surface area contributed by atoms with Crippen molar-refractivity contribution in [2.75, 3.05) is 6.61 Å². The van der Waals surface area contributed by atoms with Crippen LogP contribution < -0.4 is 5.32 Å². The van der Waals surface area contributed by atoms with Crippen LogP contribution in [0.2, 0.25) is 0 Å². The molecule has 0 radical (unpaired) electrons. The molecule has 0 spiro atoms. The molecule has 2 unspecified atom stereocenters. The number of esters is 1. The van der Waals surface area contributed by atoms with Gasteiger partial charge < -0.3 is 10.1 Å². The van der Waals surface area contributed by atoms with Crippen molar-refractivity contribution >= 4 is 23.2 Å². The highest BCUT2D eigenvalue weighted by Gasteiger charge is 2.33. The van der Waals surface area contributed by atoms with E-state index in [0.717, 1.165) is 12.0 Å². The van der Waals surface area contributed by atoms with Crippen LogP contribution in [0.1, 0.15) is 38.9 Å². The summed E-state index contributed by atoms with van der Waals surface area (Å²) in [6.07, 6.45) is 1.15. The first-order valence-electron chi connectivity index (χ1n) is 7.71. The molecule has 1 aromatic carbocycles. The number of amides is 1. The Morgan fingerprint density at radius 1 is 1.26 bits per heavy atom. The van der Waals surface area contributed by atoms with Crippen LogP contribution in [0.5, 0.6) is 0 Å². The van der Waals surface area contributed by atoms with E-state index in [4.69, 9.17) is 4.74 Å². The van der Waals surface area contributed by atoms with Gasteiger partial charge in [0.15, 0.2) is 0 Å². The molecule has 1 fully saturated rings. The van der Waals surface area contributed by atoms with Gasteiger partial charge in [0.25, 0.3) is 5.91 Å². The largest absolute Gasteiger partial charge is 0.462 e. The molecule has 0 aliphatic heterocycles. The summed E-state index contributed by atoms with van der Waals surface area (Å²) in [7, 11) is 0. The SMILES string of the molecule is CC1CC1COC(=O)c1ccc(CNC(=O)c2cccs2)cc1. The van der Waals surface area contributed by atoms with E-state index in [2.05, 4.69) is 12.2 Å². The van der Waals surface area contributed by atoms with Gasteiger partial charge in [-0.2, -0.15) is 0 Å². The van der Waals surface area contributed by atoms with Crippen molar-refractivity contribution in [2.45, 2.75) is 19.9 Å². The zero-order chi connectivity index (χ0) is 16.2. The summed E-state index contributed by atoms with van der Waals surface area (Å²) in [5.74, 6) is 0.850. The maximum absolute atomic E-state index is 11.9. The summed E-state index contributed by atoms with van der Waals surface area (Å²) in [6, 6.07) is 10.8. The second-order valence-electron chi connectivity index (χ2n) is 5.93. The standard InChI is InChI=1S/C18H19NO3S/c1-12-9-15(12)11-22-18(21)14-6-4-13(5-7-14)10-19-17(20)16-3-2-8-23-16/h2-8,12,15H,9-11H2,1H3,(H,19,20). The summed E-state index contributed by atoms with van der Waals surface area (Å²) in [6.45, 7) is 3.11. The fourth-order valence-corrected chi connectivity index (χ4v) is 2.97. The molecule has 1 amide bonds. The van der Waals surface area contributed by atoms with Crippen LogP contribution in [-0.2, 0) is 11.3 Å². The van der Waals surface area contributed by atoms with Gasteiger partial charge in [0, 0.05) is 6.54 Å². The highest BCUT2D eigenvalue weighted by atomic mass is 32.1. The van der Waals surface area contributed by atoms with E-state index in [9.17, 15) is 9.59 Å². The Labute approximate surface area is 139 Å². The van der Waals surface area contributed by atoms with E-state index in [0.29, 0.717) is 35.4 Å². The molecular formula is C18H19NO3S. The van der Waals surface area contributed by atoms with Gasteiger partial charge in [-0.3, -0.25) is 4.79 Å². The van der Waals surface area contributed by atoms with Gasteiger partial charge in [0.05, 0.1) is 17.0 Å². The van der Waals surface area contributed by atoms with Gasteiger partial charge >= 0.3 is 5.97 Å². The van der Waals surface area contributed by atoms with Gasteiger partial charge in [-0.15, -0.1) is 11.3 Å². The van der Waals surface area contributed by atoms with Crippen LogP contribution in [0.4, 0.5) is 0 Å². The van der Waals surface area contributed by atoms with Crippen LogP contribution >= 0.6 is 11.3 Å². The Morgan fingerprint density at radius 2 is 2.00 bits per heavy atom. The zero-order valence-electron chi connectivity index (χ0n) is 13.0. The third kappa shape index (κ3) is 4.20. The predicted molar refractivity (Wildman–Crippen MR) is 89.5 cm³/mol. The smallest absolute Gasteiger partial charge is 0.338 e. The van der Waals surface area contributed by atoms with Crippen LogP contribution in [0.3, 0.4) is 0 Å². The number of hydrogen-bond acceptors (Lipinski definition) is 4. The van der Waals surface area contributed by atoms with Gasteiger partial charge in [0.2, 0.25) is 0 Å². The predicted octanol–water partition coefficient (Wildman–Crippen LogP) is 3.49. The van der Waals surface area contributed by atoms with Crippen LogP contribution in [0.15, 0.2) is 41.8 Å². The quantitative estimate of drug-likeness (QED) is 0.825. The molecule has 23 heavy (non-hydrogen) atoms. The van der Waals surface area contributed by atoms with Gasteiger partial charge in [-0.05, 0) is 47.4 Å². The monoisotopic (exact) mass is 329 g/mol. The second kappa shape index (κ2) is 6.96. The number of rotatable bonds is 6. The van der Waals surface area contributed by atoms with Crippen molar-refractivity contribution in [3.8, 4) is 0 Å². The molecule has 1 N–H and O–H groups in total. The fraction of sp³-hybridized carbons (Fsp3) is 0.333. The van der Waals surface area contributed by atoms with Gasteiger partial charge in [0.1, 0.15) is 0 Å². The lowest BCUT2D eigenvalue weighted by Gasteiger charge is -2.06. The molecule has 3 rings (SSSR count). The number of hydrogen-bond donors (Lipinski definition) is 1. The average molecular weight is 329 g/mol. The molecule has 2 aromatic rings. The van der Waals surface area contributed by atoms with Crippen LogP contribution in [0.25, 0.3) is 0 Å². The van der Waals surface area contributed by atoms with E-state index in [-0.39, 0.29) is 11.9 Å². The first-order chi connectivity index (χ1) is 11.1. The highest BCUT2D eigenvalue weighted by Crippen LogP contribution is 2.37. The fourth-order valence-electron chi connectivity index (χ4n) is 2.33. The minimum Gasteiger partial charge on any atom is -0.462 e. The number of thiophene rings is 1. The first kappa shape index (κ1) is 15.7. The van der Waals surface area contributed by atoms with E-state index >= 15 is 0 Å². The number of carbonyl (C=O) groups excluding carboxylic acids is 2. The summed E-state index contributed by atoms with van der Waals surface area (Å²) in [5, 5.41) is 4.73. The Hall–Kier alpha value is -2.14. The molecule has 120 valence electrons. The number of benzene rings is 1. The number of ether oxygens (including phenoxy) is 1. The Morgan fingerprint density at radius 3 is 2.61 bits per heavy atom. The molecule has 1 aromatic heterocycles. The van der Waals surface area contributed by atoms with Crippen molar-refractivity contribution in [3.05, 3.63) is 57.8 Å². The first-order valence-corrected chi connectivity index (χ1v) is 8.59. The van der Waals surface area contributed by atoms with Gasteiger partial charge in [-0.25, -0.2) is 4.79 Å². The van der Waals surface area contributed by atoms with Crippen LogP contribution in [0, 0.1) is 11.8 Å². The Kier molecular flexibility index (Phi) is 4.76. The van der Waals surface area contributed by atoms with Crippen molar-refractivity contribution in [1.82, 2.24) is 5.32 Å². The third-order valence-electron chi connectivity index (χ3n) is 4.09. The molecule has 2 atom stereocenters. The number of nitrogens with one attached hydrogen (secondary N) is 1. The second-order valence-corrected chi connectivity index (χ2v) is 6.88. The summed E-state index contributed by atoms with van der Waals surface area (Å²) < 4.78 is 5.30. The normalized spacial score (nSPS) is 19.2. The third-order valence-corrected chi connectivity index (χ3v) is 4.96. The lowest BCUT2D eigenvalue weighted by Crippen LogP contribution is -2.21. The van der Waals surface area contributed by atoms with Gasteiger partial charge in [-0.1, -0.05) is 25.1 Å². The van der Waals surface area contributed by atoms with Crippen molar-refractivity contribution in [1.29, 1.82) is 0 Å². The Balaban J connectivity index is 1.48. The van der Waals surface area contributed by atoms with Crippen molar-refractivity contribution in [3.63, 3.8) is 0 Å². The van der Waals surface area contributed by atoms with Crippen LogP contribution in [-0.4, -0.2) is 18.5 Å². The van der Waals surface area contributed by atoms with Crippen molar-refractivity contribution in [2.24, 2.45) is 11.8 Å². The maximum atomic E-state index is 11.9. The molecule has 1 heterocycles. The minimum absolute atomic E-state index is 0.0814. The molecule has 1 saturated carbocycles. The highest BCUT2D eigenvalue weighted by molar-refractivity contribution is 7.12.